The molecule has 1 aromatic rings. The fourth-order valence-electron chi connectivity index (χ4n) is 4.10. The van der Waals surface area contributed by atoms with Gasteiger partial charge in [0, 0.05) is 30.0 Å². The van der Waals surface area contributed by atoms with Gasteiger partial charge in [0.1, 0.15) is 6.04 Å². The molecule has 0 aliphatic carbocycles. The average Bonchev–Trinajstić information content (AvgIpc) is 3.04. The van der Waals surface area contributed by atoms with Gasteiger partial charge >= 0.3 is 0 Å². The minimum absolute atomic E-state index is 0.102. The first kappa shape index (κ1) is 17.4. The Kier molecular flexibility index (Phi) is 5.23. The van der Waals surface area contributed by atoms with Gasteiger partial charge in [-0.1, -0.05) is 51.1 Å². The quantitative estimate of drug-likeness (QED) is 0.657. The van der Waals surface area contributed by atoms with Crippen molar-refractivity contribution in [1.82, 2.24) is 21.5 Å². The monoisotopic (exact) mass is 330 g/mol. The maximum Gasteiger partial charge on any atom is 0.239 e. The maximum absolute atomic E-state index is 12.9. The van der Waals surface area contributed by atoms with Gasteiger partial charge in [-0.3, -0.25) is 10.2 Å². The van der Waals surface area contributed by atoms with Gasteiger partial charge in [0.05, 0.1) is 0 Å². The highest BCUT2D eigenvalue weighted by Gasteiger charge is 2.42. The average molecular weight is 330 g/mol. The molecule has 0 spiro atoms. The number of rotatable bonds is 5. The van der Waals surface area contributed by atoms with Crippen molar-refractivity contribution in [1.29, 1.82) is 0 Å². The number of amides is 1. The van der Waals surface area contributed by atoms with E-state index in [-0.39, 0.29) is 23.4 Å². The van der Waals surface area contributed by atoms with Gasteiger partial charge in [-0.25, -0.2) is 5.43 Å². The molecule has 2 aliphatic rings. The van der Waals surface area contributed by atoms with Gasteiger partial charge in [0.15, 0.2) is 0 Å². The van der Waals surface area contributed by atoms with Gasteiger partial charge < -0.3 is 10.6 Å². The van der Waals surface area contributed by atoms with E-state index in [9.17, 15) is 4.79 Å². The lowest BCUT2D eigenvalue weighted by atomic mass is 9.76. The minimum Gasteiger partial charge on any atom is -0.351 e. The van der Waals surface area contributed by atoms with E-state index in [0.29, 0.717) is 12.0 Å². The molecule has 1 amide bonds. The number of hydrazine groups is 1. The molecule has 4 atom stereocenters. The molecule has 5 heteroatoms. The highest BCUT2D eigenvalue weighted by molar-refractivity contribution is 5.83. The predicted octanol–water partition coefficient (Wildman–Crippen LogP) is 1.31. The van der Waals surface area contributed by atoms with E-state index in [0.717, 1.165) is 25.9 Å². The van der Waals surface area contributed by atoms with Crippen molar-refractivity contribution in [2.24, 2.45) is 5.92 Å². The number of hydrogen-bond acceptors (Lipinski definition) is 4. The lowest BCUT2D eigenvalue weighted by Gasteiger charge is -2.36. The summed E-state index contributed by atoms with van der Waals surface area (Å²) in [6.45, 7) is 8.47. The molecule has 0 aromatic heterocycles. The zero-order valence-corrected chi connectivity index (χ0v) is 14.9. The van der Waals surface area contributed by atoms with Crippen LogP contribution in [0.1, 0.15) is 39.2 Å². The first-order chi connectivity index (χ1) is 11.5. The second-order valence-electron chi connectivity index (χ2n) is 7.59. The maximum atomic E-state index is 12.9. The van der Waals surface area contributed by atoms with Crippen molar-refractivity contribution in [2.45, 2.75) is 57.2 Å². The molecule has 132 valence electrons. The van der Waals surface area contributed by atoms with Crippen molar-refractivity contribution in [3.8, 4) is 0 Å². The molecule has 2 fully saturated rings. The van der Waals surface area contributed by atoms with E-state index in [4.69, 9.17) is 0 Å². The summed E-state index contributed by atoms with van der Waals surface area (Å²) in [5, 5.41) is 6.72. The Balaban J connectivity index is 1.70. The molecule has 0 radical (unpaired) electrons. The van der Waals surface area contributed by atoms with Crippen LogP contribution in [0.4, 0.5) is 0 Å². The number of carbonyl (C=O) groups is 1. The second kappa shape index (κ2) is 7.21. The second-order valence-corrected chi connectivity index (χ2v) is 7.59. The van der Waals surface area contributed by atoms with E-state index >= 15 is 0 Å². The first-order valence-electron chi connectivity index (χ1n) is 9.11. The summed E-state index contributed by atoms with van der Waals surface area (Å²) in [5.41, 5.74) is 7.66. The van der Waals surface area contributed by atoms with Crippen LogP contribution in [-0.2, 0) is 10.2 Å². The van der Waals surface area contributed by atoms with Crippen LogP contribution in [0.5, 0.6) is 0 Å². The molecule has 4 N–H and O–H groups in total. The van der Waals surface area contributed by atoms with Crippen molar-refractivity contribution < 1.29 is 4.79 Å². The molecular formula is C19H30N4O. The number of benzene rings is 1. The minimum atomic E-state index is -0.163. The van der Waals surface area contributed by atoms with Crippen LogP contribution < -0.4 is 21.5 Å². The third-order valence-corrected chi connectivity index (χ3v) is 5.78. The van der Waals surface area contributed by atoms with Crippen LogP contribution >= 0.6 is 0 Å². The summed E-state index contributed by atoms with van der Waals surface area (Å²) in [5.74, 6) is 0.422. The summed E-state index contributed by atoms with van der Waals surface area (Å²) in [4.78, 5) is 12.9. The smallest absolute Gasteiger partial charge is 0.239 e. The summed E-state index contributed by atoms with van der Waals surface area (Å²) in [7, 11) is 0. The van der Waals surface area contributed by atoms with Gasteiger partial charge in [0.2, 0.25) is 5.91 Å². The van der Waals surface area contributed by atoms with Crippen molar-refractivity contribution in [3.05, 3.63) is 35.9 Å². The zero-order chi connectivity index (χ0) is 17.2. The topological polar surface area (TPSA) is 65.2 Å². The van der Waals surface area contributed by atoms with Crippen LogP contribution in [-0.4, -0.2) is 37.1 Å². The summed E-state index contributed by atoms with van der Waals surface area (Å²) in [6, 6.07) is 10.8. The standard InChI is InChI=1S/C19H30N4O/c1-4-16(19(2,3)13-8-6-5-7-9-13)21-18(24)17-14-12-20-11-10-15(14)22-23-17/h5-9,14-17,20,22-23H,4,10-12H2,1-3H3,(H,21,24). The van der Waals surface area contributed by atoms with Crippen LogP contribution in [0.15, 0.2) is 30.3 Å². The third-order valence-electron chi connectivity index (χ3n) is 5.78. The molecule has 24 heavy (non-hydrogen) atoms. The highest BCUT2D eigenvalue weighted by atomic mass is 16.2. The molecule has 2 saturated heterocycles. The number of nitrogens with one attached hydrogen (secondary N) is 4. The van der Waals surface area contributed by atoms with Crippen LogP contribution in [0.3, 0.4) is 0 Å². The van der Waals surface area contributed by atoms with E-state index in [1.165, 1.54) is 5.56 Å². The largest absolute Gasteiger partial charge is 0.351 e. The van der Waals surface area contributed by atoms with Crippen molar-refractivity contribution in [3.63, 3.8) is 0 Å². The molecule has 0 saturated carbocycles. The number of piperidine rings is 1. The van der Waals surface area contributed by atoms with Gasteiger partial charge in [-0.2, -0.15) is 0 Å². The lowest BCUT2D eigenvalue weighted by molar-refractivity contribution is -0.125. The van der Waals surface area contributed by atoms with Gasteiger partial charge in [-0.05, 0) is 24.9 Å². The molecule has 3 rings (SSSR count). The van der Waals surface area contributed by atoms with E-state index in [1.807, 2.05) is 6.07 Å². The Bertz CT molecular complexity index is 560. The van der Waals surface area contributed by atoms with E-state index in [2.05, 4.69) is 66.5 Å². The van der Waals surface area contributed by atoms with Crippen molar-refractivity contribution in [2.75, 3.05) is 13.1 Å². The van der Waals surface area contributed by atoms with Crippen LogP contribution in [0.25, 0.3) is 0 Å². The van der Waals surface area contributed by atoms with Gasteiger partial charge in [-0.15, -0.1) is 0 Å². The summed E-state index contributed by atoms with van der Waals surface area (Å²) >= 11 is 0. The molecule has 1 aromatic carbocycles. The number of carbonyl (C=O) groups excluding carboxylic acids is 1. The summed E-state index contributed by atoms with van der Waals surface area (Å²) in [6.07, 6.45) is 1.97. The Morgan fingerprint density at radius 1 is 1.29 bits per heavy atom. The Morgan fingerprint density at radius 2 is 2.04 bits per heavy atom. The summed E-state index contributed by atoms with van der Waals surface area (Å²) < 4.78 is 0. The number of hydrogen-bond donors (Lipinski definition) is 4. The van der Waals surface area contributed by atoms with E-state index < -0.39 is 0 Å². The Morgan fingerprint density at radius 3 is 2.75 bits per heavy atom. The molecule has 2 aliphatic heterocycles. The zero-order valence-electron chi connectivity index (χ0n) is 14.9. The molecule has 4 unspecified atom stereocenters. The fraction of sp³-hybridized carbons (Fsp3) is 0.632. The molecular weight excluding hydrogens is 300 g/mol. The normalized spacial score (nSPS) is 28.2. The molecule has 2 heterocycles. The van der Waals surface area contributed by atoms with E-state index in [1.54, 1.807) is 0 Å². The first-order valence-corrected chi connectivity index (χ1v) is 9.11. The predicted molar refractivity (Wildman–Crippen MR) is 96.5 cm³/mol. The highest BCUT2D eigenvalue weighted by Crippen LogP contribution is 2.29. The molecule has 0 bridgehead atoms. The molecule has 5 nitrogen and oxygen atoms in total. The van der Waals surface area contributed by atoms with Crippen LogP contribution in [0, 0.1) is 5.92 Å². The lowest BCUT2D eigenvalue weighted by Crippen LogP contribution is -2.55. The SMILES string of the molecule is CCC(NC(=O)C1NNC2CCNCC21)C(C)(C)c1ccccc1. The van der Waals surface area contributed by atoms with Crippen molar-refractivity contribution >= 4 is 5.91 Å². The fourth-order valence-corrected chi connectivity index (χ4v) is 4.10. The number of fused-ring (bicyclic) bond motifs is 1. The Hall–Kier alpha value is -1.43. The Labute approximate surface area is 144 Å². The van der Waals surface area contributed by atoms with Crippen LogP contribution in [0.2, 0.25) is 0 Å². The third kappa shape index (κ3) is 3.34. The van der Waals surface area contributed by atoms with Gasteiger partial charge in [0.25, 0.3) is 0 Å².